The molecule has 1 aromatic carbocycles. The fourth-order valence-electron chi connectivity index (χ4n) is 2.93. The SMILES string of the molecule is CC1CCCN(C(=O)CCCC(=O)N(C)c2ccccc2)C1. The van der Waals surface area contributed by atoms with Crippen molar-refractivity contribution in [2.75, 3.05) is 25.0 Å². The van der Waals surface area contributed by atoms with Gasteiger partial charge in [0.25, 0.3) is 0 Å². The first-order valence-corrected chi connectivity index (χ1v) is 8.17. The first-order chi connectivity index (χ1) is 10.6. The third-order valence-electron chi connectivity index (χ3n) is 4.31. The Morgan fingerprint density at radius 3 is 2.64 bits per heavy atom. The number of amides is 2. The summed E-state index contributed by atoms with van der Waals surface area (Å²) in [5.41, 5.74) is 0.892. The molecule has 0 N–H and O–H groups in total. The van der Waals surface area contributed by atoms with E-state index < -0.39 is 0 Å². The molecule has 4 nitrogen and oxygen atoms in total. The van der Waals surface area contributed by atoms with Crippen molar-refractivity contribution in [2.45, 2.75) is 39.0 Å². The lowest BCUT2D eigenvalue weighted by Gasteiger charge is -2.31. The highest BCUT2D eigenvalue weighted by Gasteiger charge is 2.21. The normalized spacial score (nSPS) is 18.1. The zero-order valence-electron chi connectivity index (χ0n) is 13.6. The summed E-state index contributed by atoms with van der Waals surface area (Å²) >= 11 is 0. The van der Waals surface area contributed by atoms with Gasteiger partial charge < -0.3 is 9.80 Å². The molecule has 4 heteroatoms. The third-order valence-corrected chi connectivity index (χ3v) is 4.31. The van der Waals surface area contributed by atoms with Crippen molar-refractivity contribution in [1.29, 1.82) is 0 Å². The maximum absolute atomic E-state index is 12.2. The molecule has 1 saturated heterocycles. The number of hydrogen-bond acceptors (Lipinski definition) is 2. The number of anilines is 1. The predicted octanol–water partition coefficient (Wildman–Crippen LogP) is 3.08. The van der Waals surface area contributed by atoms with Crippen LogP contribution in [0, 0.1) is 5.92 Å². The number of likely N-dealkylation sites (tertiary alicyclic amines) is 1. The van der Waals surface area contributed by atoms with Crippen LogP contribution in [-0.4, -0.2) is 36.9 Å². The standard InChI is InChI=1S/C18H26N2O2/c1-15-8-7-13-20(14-15)18(22)12-6-11-17(21)19(2)16-9-4-3-5-10-16/h3-5,9-10,15H,6-8,11-14H2,1-2H3. The fraction of sp³-hybridized carbons (Fsp3) is 0.556. The molecule has 1 atom stereocenters. The second-order valence-electron chi connectivity index (χ2n) is 6.23. The molecule has 0 radical (unpaired) electrons. The van der Waals surface area contributed by atoms with E-state index in [9.17, 15) is 9.59 Å². The second-order valence-corrected chi connectivity index (χ2v) is 6.23. The van der Waals surface area contributed by atoms with E-state index in [1.807, 2.05) is 35.2 Å². The van der Waals surface area contributed by atoms with E-state index in [0.29, 0.717) is 25.2 Å². The van der Waals surface area contributed by atoms with Crippen molar-refractivity contribution in [3.05, 3.63) is 30.3 Å². The summed E-state index contributed by atoms with van der Waals surface area (Å²) in [4.78, 5) is 27.9. The highest BCUT2D eigenvalue weighted by atomic mass is 16.2. The summed E-state index contributed by atoms with van der Waals surface area (Å²) in [7, 11) is 1.78. The zero-order valence-corrected chi connectivity index (χ0v) is 13.6. The Labute approximate surface area is 133 Å². The van der Waals surface area contributed by atoms with Crippen molar-refractivity contribution in [1.82, 2.24) is 4.90 Å². The minimum atomic E-state index is 0.0611. The van der Waals surface area contributed by atoms with Crippen molar-refractivity contribution < 1.29 is 9.59 Å². The summed E-state index contributed by atoms with van der Waals surface area (Å²) in [6, 6.07) is 9.59. The first-order valence-electron chi connectivity index (χ1n) is 8.17. The Kier molecular flexibility index (Phi) is 5.99. The van der Waals surface area contributed by atoms with E-state index in [-0.39, 0.29) is 11.8 Å². The van der Waals surface area contributed by atoms with E-state index in [2.05, 4.69) is 6.92 Å². The number of benzene rings is 1. The second kappa shape index (κ2) is 7.97. The van der Waals surface area contributed by atoms with Crippen molar-refractivity contribution in [3.8, 4) is 0 Å². The Morgan fingerprint density at radius 1 is 1.23 bits per heavy atom. The van der Waals surface area contributed by atoms with Gasteiger partial charge in [-0.15, -0.1) is 0 Å². The van der Waals surface area contributed by atoms with Gasteiger partial charge in [0.2, 0.25) is 11.8 Å². The molecule has 2 amide bonds. The highest BCUT2D eigenvalue weighted by Crippen LogP contribution is 2.17. The maximum Gasteiger partial charge on any atom is 0.226 e. The Hall–Kier alpha value is -1.84. The minimum absolute atomic E-state index is 0.0611. The van der Waals surface area contributed by atoms with Crippen molar-refractivity contribution in [3.63, 3.8) is 0 Å². The molecule has 1 aliphatic heterocycles. The Morgan fingerprint density at radius 2 is 1.95 bits per heavy atom. The molecule has 1 aromatic rings. The topological polar surface area (TPSA) is 40.6 Å². The molecule has 0 spiro atoms. The van der Waals surface area contributed by atoms with Gasteiger partial charge >= 0.3 is 0 Å². The highest BCUT2D eigenvalue weighted by molar-refractivity contribution is 5.93. The van der Waals surface area contributed by atoms with Gasteiger partial charge in [0.15, 0.2) is 0 Å². The van der Waals surface area contributed by atoms with Crippen LogP contribution in [0.1, 0.15) is 39.0 Å². The summed E-state index contributed by atoms with van der Waals surface area (Å²) in [5.74, 6) is 0.858. The van der Waals surface area contributed by atoms with Crippen LogP contribution in [0.2, 0.25) is 0 Å². The largest absolute Gasteiger partial charge is 0.342 e. The molecule has 22 heavy (non-hydrogen) atoms. The fourth-order valence-corrected chi connectivity index (χ4v) is 2.93. The number of hydrogen-bond donors (Lipinski definition) is 0. The van der Waals surface area contributed by atoms with E-state index in [1.165, 1.54) is 6.42 Å². The van der Waals surface area contributed by atoms with Crippen LogP contribution in [0.4, 0.5) is 5.69 Å². The third kappa shape index (κ3) is 4.58. The molecule has 1 unspecified atom stereocenters. The van der Waals surface area contributed by atoms with Crippen LogP contribution in [0.25, 0.3) is 0 Å². The van der Waals surface area contributed by atoms with Gasteiger partial charge in [0.05, 0.1) is 0 Å². The number of carbonyl (C=O) groups excluding carboxylic acids is 2. The number of carbonyl (C=O) groups is 2. The maximum atomic E-state index is 12.2. The Bertz CT molecular complexity index is 501. The Balaban J connectivity index is 1.73. The molecule has 1 heterocycles. The molecule has 1 aliphatic rings. The van der Waals surface area contributed by atoms with Gasteiger partial charge in [-0.1, -0.05) is 25.1 Å². The van der Waals surface area contributed by atoms with Crippen LogP contribution in [0.5, 0.6) is 0 Å². The molecule has 0 saturated carbocycles. The number of rotatable bonds is 5. The van der Waals surface area contributed by atoms with Crippen molar-refractivity contribution in [2.24, 2.45) is 5.92 Å². The van der Waals surface area contributed by atoms with E-state index in [4.69, 9.17) is 0 Å². The van der Waals surface area contributed by atoms with E-state index in [0.717, 1.165) is 25.2 Å². The lowest BCUT2D eigenvalue weighted by molar-refractivity contribution is -0.133. The van der Waals surface area contributed by atoms with E-state index >= 15 is 0 Å². The molecule has 1 fully saturated rings. The minimum Gasteiger partial charge on any atom is -0.342 e. The molecule has 120 valence electrons. The quantitative estimate of drug-likeness (QED) is 0.838. The average Bonchev–Trinajstić information content (AvgIpc) is 2.54. The summed E-state index contributed by atoms with van der Waals surface area (Å²) in [6.07, 6.45) is 3.83. The van der Waals surface area contributed by atoms with Crippen LogP contribution in [-0.2, 0) is 9.59 Å². The van der Waals surface area contributed by atoms with Gasteiger partial charge in [0.1, 0.15) is 0 Å². The zero-order chi connectivity index (χ0) is 15.9. The predicted molar refractivity (Wildman–Crippen MR) is 88.7 cm³/mol. The van der Waals surface area contributed by atoms with E-state index in [1.54, 1.807) is 11.9 Å². The lowest BCUT2D eigenvalue weighted by Crippen LogP contribution is -2.39. The number of nitrogens with zero attached hydrogens (tertiary/aromatic N) is 2. The van der Waals surface area contributed by atoms with Gasteiger partial charge in [-0.2, -0.15) is 0 Å². The monoisotopic (exact) mass is 302 g/mol. The summed E-state index contributed by atoms with van der Waals surface area (Å²) in [6.45, 7) is 3.94. The van der Waals surface area contributed by atoms with Gasteiger partial charge in [0, 0.05) is 38.7 Å². The van der Waals surface area contributed by atoms with Crippen LogP contribution in [0.15, 0.2) is 30.3 Å². The summed E-state index contributed by atoms with van der Waals surface area (Å²) in [5, 5.41) is 0. The van der Waals surface area contributed by atoms with Gasteiger partial charge in [-0.3, -0.25) is 9.59 Å². The molecule has 0 aliphatic carbocycles. The van der Waals surface area contributed by atoms with Gasteiger partial charge in [-0.25, -0.2) is 0 Å². The average molecular weight is 302 g/mol. The molecular weight excluding hydrogens is 276 g/mol. The lowest BCUT2D eigenvalue weighted by atomic mass is 10.00. The van der Waals surface area contributed by atoms with Crippen LogP contribution < -0.4 is 4.90 Å². The number of para-hydroxylation sites is 1. The molecule has 0 aromatic heterocycles. The first kappa shape index (κ1) is 16.5. The number of piperidine rings is 1. The van der Waals surface area contributed by atoms with Gasteiger partial charge in [-0.05, 0) is 37.3 Å². The molecular formula is C18H26N2O2. The smallest absolute Gasteiger partial charge is 0.226 e. The molecule has 2 rings (SSSR count). The molecule has 0 bridgehead atoms. The van der Waals surface area contributed by atoms with Crippen molar-refractivity contribution >= 4 is 17.5 Å². The van der Waals surface area contributed by atoms with Crippen LogP contribution in [0.3, 0.4) is 0 Å². The van der Waals surface area contributed by atoms with Crippen LogP contribution >= 0.6 is 0 Å². The summed E-state index contributed by atoms with van der Waals surface area (Å²) < 4.78 is 0.